The molecule has 160 valence electrons. The Morgan fingerprint density at radius 2 is 1.37 bits per heavy atom. The monoisotopic (exact) mass is 412 g/mol. The van der Waals surface area contributed by atoms with Crippen LogP contribution >= 0.6 is 0 Å². The number of hydrogen-bond acceptors (Lipinski definition) is 4. The fraction of sp³-hybridized carbons (Fsp3) is 0.875. The number of carbonyl (C=O) groups is 2. The van der Waals surface area contributed by atoms with Crippen molar-refractivity contribution in [2.24, 2.45) is 17.3 Å². The molecule has 0 radical (unpaired) electrons. The molecule has 0 rings (SSSR count). The summed E-state index contributed by atoms with van der Waals surface area (Å²) in [5.41, 5.74) is -0.264. The Kier molecular flexibility index (Phi) is 8.14. The van der Waals surface area contributed by atoms with Crippen molar-refractivity contribution >= 4 is 11.9 Å². The lowest BCUT2D eigenvalue weighted by Crippen LogP contribution is -2.54. The summed E-state index contributed by atoms with van der Waals surface area (Å²) in [6, 6.07) is 0. The second-order valence-corrected chi connectivity index (χ2v) is 7.66. The van der Waals surface area contributed by atoms with Crippen molar-refractivity contribution in [2.75, 3.05) is 13.2 Å². The Balaban J connectivity index is 4.74. The molecule has 0 spiro atoms. The summed E-state index contributed by atoms with van der Waals surface area (Å²) < 4.78 is 95.6. The lowest BCUT2D eigenvalue weighted by atomic mass is 9.80. The van der Waals surface area contributed by atoms with Crippen LogP contribution in [-0.2, 0) is 19.1 Å². The van der Waals surface area contributed by atoms with Gasteiger partial charge in [-0.3, -0.25) is 4.79 Å². The first kappa shape index (κ1) is 25.4. The molecule has 11 heteroatoms. The van der Waals surface area contributed by atoms with Crippen LogP contribution in [0.2, 0.25) is 0 Å². The number of esters is 2. The van der Waals surface area contributed by atoms with Gasteiger partial charge in [0.15, 0.2) is 13.2 Å². The molecule has 0 saturated carbocycles. The maximum atomic E-state index is 13.0. The normalized spacial score (nSPS) is 14.9. The Morgan fingerprint density at radius 3 is 1.74 bits per heavy atom. The third-order valence-electron chi connectivity index (χ3n) is 3.50. The molecule has 0 fully saturated rings. The first-order valence-corrected chi connectivity index (χ1v) is 7.96. The van der Waals surface area contributed by atoms with E-state index in [-0.39, 0.29) is 11.3 Å². The number of ether oxygens (including phenoxy) is 2. The van der Waals surface area contributed by atoms with Gasteiger partial charge in [0, 0.05) is 0 Å². The fourth-order valence-electron chi connectivity index (χ4n) is 2.00. The van der Waals surface area contributed by atoms with E-state index in [1.807, 2.05) is 20.8 Å². The van der Waals surface area contributed by atoms with Gasteiger partial charge in [0.25, 0.3) is 0 Å². The molecule has 0 aliphatic heterocycles. The molecule has 0 amide bonds. The molecule has 0 aromatic carbocycles. The van der Waals surface area contributed by atoms with Gasteiger partial charge in [-0.15, -0.1) is 0 Å². The summed E-state index contributed by atoms with van der Waals surface area (Å²) >= 11 is 0. The van der Waals surface area contributed by atoms with Gasteiger partial charge in [-0.25, -0.2) is 4.79 Å². The van der Waals surface area contributed by atoms with Gasteiger partial charge in [0.2, 0.25) is 0 Å². The summed E-state index contributed by atoms with van der Waals surface area (Å²) in [7, 11) is 0. The van der Waals surface area contributed by atoms with Crippen LogP contribution in [0.5, 0.6) is 0 Å². The van der Waals surface area contributed by atoms with E-state index < -0.39 is 49.1 Å². The van der Waals surface area contributed by atoms with Crippen LogP contribution in [0.4, 0.5) is 30.7 Å². The van der Waals surface area contributed by atoms with E-state index in [4.69, 9.17) is 0 Å². The van der Waals surface area contributed by atoms with E-state index in [2.05, 4.69) is 9.47 Å². The first-order valence-electron chi connectivity index (χ1n) is 7.96. The second-order valence-electron chi connectivity index (χ2n) is 7.66. The smallest absolute Gasteiger partial charge is 0.456 e. The van der Waals surface area contributed by atoms with E-state index in [0.29, 0.717) is 6.42 Å². The van der Waals surface area contributed by atoms with Gasteiger partial charge in [-0.05, 0) is 17.8 Å². The van der Waals surface area contributed by atoms with Crippen molar-refractivity contribution in [3.63, 3.8) is 0 Å². The van der Waals surface area contributed by atoms with E-state index in [0.717, 1.165) is 0 Å². The van der Waals surface area contributed by atoms with Crippen LogP contribution in [-0.4, -0.2) is 43.2 Å². The predicted octanol–water partition coefficient (Wildman–Crippen LogP) is 4.61. The van der Waals surface area contributed by atoms with Crippen molar-refractivity contribution in [3.05, 3.63) is 0 Å². The van der Waals surface area contributed by atoms with E-state index in [1.54, 1.807) is 13.8 Å². The third kappa shape index (κ3) is 7.53. The number of hydrogen-bond donors (Lipinski definition) is 0. The highest BCUT2D eigenvalue weighted by Crippen LogP contribution is 2.46. The zero-order chi connectivity index (χ0) is 21.8. The van der Waals surface area contributed by atoms with E-state index in [1.165, 1.54) is 0 Å². The van der Waals surface area contributed by atoms with Crippen molar-refractivity contribution in [3.8, 4) is 0 Å². The Bertz CT molecular complexity index is 522. The molecule has 4 nitrogen and oxygen atoms in total. The fourth-order valence-corrected chi connectivity index (χ4v) is 2.00. The zero-order valence-electron chi connectivity index (χ0n) is 15.6. The lowest BCUT2D eigenvalue weighted by Gasteiger charge is -2.28. The number of rotatable bonds is 8. The third-order valence-corrected chi connectivity index (χ3v) is 3.50. The minimum absolute atomic E-state index is 0.178. The average Bonchev–Trinajstić information content (AvgIpc) is 2.45. The molecular formula is C16H23F7O4. The van der Waals surface area contributed by atoms with Crippen LogP contribution in [0.1, 0.15) is 41.0 Å². The Hall–Kier alpha value is -1.55. The molecule has 0 aromatic rings. The van der Waals surface area contributed by atoms with Crippen LogP contribution in [0, 0.1) is 17.3 Å². The molecule has 1 atom stereocenters. The van der Waals surface area contributed by atoms with Crippen molar-refractivity contribution in [1.29, 1.82) is 0 Å². The summed E-state index contributed by atoms with van der Waals surface area (Å²) in [4.78, 5) is 23.3. The summed E-state index contributed by atoms with van der Waals surface area (Å²) in [6.07, 6.45) is -6.14. The Labute approximate surface area is 152 Å². The largest absolute Gasteiger partial charge is 0.460 e. The summed E-state index contributed by atoms with van der Waals surface area (Å²) in [5.74, 6) is -15.4. The summed E-state index contributed by atoms with van der Waals surface area (Å²) in [5, 5.41) is 0. The maximum Gasteiger partial charge on any atom is 0.460 e. The molecule has 0 bridgehead atoms. The van der Waals surface area contributed by atoms with Gasteiger partial charge in [-0.2, -0.15) is 30.7 Å². The number of alkyl halides is 7. The number of carbonyl (C=O) groups excluding carboxylic acids is 2. The predicted molar refractivity (Wildman–Crippen MR) is 80.3 cm³/mol. The molecule has 27 heavy (non-hydrogen) atoms. The molecule has 1 unspecified atom stereocenters. The number of halogens is 7. The molecule has 0 saturated heterocycles. The molecular weight excluding hydrogens is 389 g/mol. The quantitative estimate of drug-likeness (QED) is 0.432. The highest BCUT2D eigenvalue weighted by atomic mass is 19.4. The van der Waals surface area contributed by atoms with E-state index in [9.17, 15) is 40.3 Å². The lowest BCUT2D eigenvalue weighted by molar-refractivity contribution is -0.359. The van der Waals surface area contributed by atoms with Crippen LogP contribution in [0.25, 0.3) is 0 Å². The molecule has 0 heterocycles. The topological polar surface area (TPSA) is 52.6 Å². The van der Waals surface area contributed by atoms with Crippen molar-refractivity contribution in [1.82, 2.24) is 0 Å². The Morgan fingerprint density at radius 1 is 0.889 bits per heavy atom. The van der Waals surface area contributed by atoms with Crippen LogP contribution in [0.3, 0.4) is 0 Å². The van der Waals surface area contributed by atoms with Gasteiger partial charge in [0.1, 0.15) is 0 Å². The minimum atomic E-state index is -6.52. The molecule has 0 aliphatic carbocycles. The highest BCUT2D eigenvalue weighted by molar-refractivity contribution is 5.78. The SMILES string of the molecule is CC(C)C(CC(C)(C)C)C(=O)OCC(=O)OCC(F)(F)C(F)(F)C(F)(F)F. The van der Waals surface area contributed by atoms with Crippen molar-refractivity contribution < 1.29 is 49.8 Å². The zero-order valence-corrected chi connectivity index (χ0v) is 15.6. The minimum Gasteiger partial charge on any atom is -0.456 e. The highest BCUT2D eigenvalue weighted by Gasteiger charge is 2.73. The van der Waals surface area contributed by atoms with Crippen LogP contribution < -0.4 is 0 Å². The molecule has 0 N–H and O–H groups in total. The van der Waals surface area contributed by atoms with E-state index >= 15 is 0 Å². The average molecular weight is 412 g/mol. The van der Waals surface area contributed by atoms with Gasteiger partial charge < -0.3 is 9.47 Å². The standard InChI is InChI=1S/C16H23F7O4/c1-9(2)10(6-13(3,4)5)12(25)26-7-11(24)27-8-14(17,18)15(19,20)16(21,22)23/h9-10H,6-8H2,1-5H3. The second kappa shape index (κ2) is 8.64. The molecule has 0 aliphatic rings. The summed E-state index contributed by atoms with van der Waals surface area (Å²) in [6.45, 7) is 5.31. The van der Waals surface area contributed by atoms with Gasteiger partial charge >= 0.3 is 30.0 Å². The van der Waals surface area contributed by atoms with Gasteiger partial charge in [0.05, 0.1) is 5.92 Å². The first-order chi connectivity index (χ1) is 11.8. The van der Waals surface area contributed by atoms with Crippen LogP contribution in [0.15, 0.2) is 0 Å². The maximum absolute atomic E-state index is 13.0. The molecule has 0 aromatic heterocycles. The van der Waals surface area contributed by atoms with Gasteiger partial charge in [-0.1, -0.05) is 34.6 Å². The van der Waals surface area contributed by atoms with Crippen molar-refractivity contribution in [2.45, 2.75) is 59.1 Å².